The van der Waals surface area contributed by atoms with Gasteiger partial charge in [0, 0.05) is 10.9 Å². The van der Waals surface area contributed by atoms with Crippen LogP contribution in [0.15, 0.2) is 28.9 Å². The lowest BCUT2D eigenvalue weighted by molar-refractivity contribution is 0.461. The third kappa shape index (κ3) is 0.863. The number of furan rings is 1. The number of fused-ring (bicyclic) bond motifs is 1. The number of para-hydroxylation sites is 1. The number of benzene rings is 1. The van der Waals surface area contributed by atoms with Gasteiger partial charge in [-0.3, -0.25) is 0 Å². The molecule has 1 heterocycles. The molecule has 0 aliphatic rings. The average Bonchev–Trinajstić information content (AvgIpc) is 2.49. The maximum absolute atomic E-state index is 12.3. The van der Waals surface area contributed by atoms with Crippen molar-refractivity contribution in [3.05, 3.63) is 30.0 Å². The van der Waals surface area contributed by atoms with E-state index in [2.05, 4.69) is 0 Å². The number of halogens is 1. The fraction of sp³-hybridized carbons (Fsp3) is 0.111. The first kappa shape index (κ1) is 7.16. The SMILES string of the molecule is Oc1cccc2c(CF)coc12. The van der Waals surface area contributed by atoms with Crippen LogP contribution in [0.3, 0.4) is 0 Å². The zero-order valence-electron chi connectivity index (χ0n) is 6.25. The molecule has 1 N–H and O–H groups in total. The molecule has 0 fully saturated rings. The van der Waals surface area contributed by atoms with Gasteiger partial charge in [-0.15, -0.1) is 0 Å². The van der Waals surface area contributed by atoms with E-state index >= 15 is 0 Å². The van der Waals surface area contributed by atoms with Crippen molar-refractivity contribution in [3.63, 3.8) is 0 Å². The van der Waals surface area contributed by atoms with Gasteiger partial charge in [-0.25, -0.2) is 4.39 Å². The van der Waals surface area contributed by atoms with Crippen LogP contribution in [0.25, 0.3) is 11.0 Å². The van der Waals surface area contributed by atoms with Crippen LogP contribution < -0.4 is 0 Å². The first-order valence-corrected chi connectivity index (χ1v) is 3.57. The molecule has 0 unspecified atom stereocenters. The predicted molar refractivity (Wildman–Crippen MR) is 42.7 cm³/mol. The average molecular weight is 166 g/mol. The van der Waals surface area contributed by atoms with E-state index in [1.807, 2.05) is 0 Å². The quantitative estimate of drug-likeness (QED) is 0.706. The van der Waals surface area contributed by atoms with Gasteiger partial charge in [0.1, 0.15) is 6.67 Å². The van der Waals surface area contributed by atoms with Crippen LogP contribution in [0.1, 0.15) is 5.56 Å². The molecule has 0 amide bonds. The highest BCUT2D eigenvalue weighted by Gasteiger charge is 2.07. The maximum Gasteiger partial charge on any atom is 0.175 e. The Labute approximate surface area is 68.2 Å². The topological polar surface area (TPSA) is 33.4 Å². The van der Waals surface area contributed by atoms with Crippen LogP contribution in [-0.2, 0) is 6.67 Å². The number of phenols is 1. The van der Waals surface area contributed by atoms with Gasteiger partial charge >= 0.3 is 0 Å². The number of alkyl halides is 1. The Bertz CT molecular complexity index is 406. The van der Waals surface area contributed by atoms with Crippen LogP contribution in [-0.4, -0.2) is 5.11 Å². The molecule has 0 radical (unpaired) electrons. The highest BCUT2D eigenvalue weighted by atomic mass is 19.1. The van der Waals surface area contributed by atoms with Crippen molar-refractivity contribution in [2.45, 2.75) is 6.67 Å². The first-order valence-electron chi connectivity index (χ1n) is 3.57. The van der Waals surface area contributed by atoms with Crippen LogP contribution in [0.2, 0.25) is 0 Å². The molecule has 0 saturated carbocycles. The number of rotatable bonds is 1. The fourth-order valence-electron chi connectivity index (χ4n) is 1.20. The Morgan fingerprint density at radius 1 is 1.42 bits per heavy atom. The highest BCUT2D eigenvalue weighted by molar-refractivity contribution is 5.85. The van der Waals surface area contributed by atoms with Crippen molar-refractivity contribution in [2.75, 3.05) is 0 Å². The third-order valence-electron chi connectivity index (χ3n) is 1.80. The van der Waals surface area contributed by atoms with E-state index in [1.54, 1.807) is 12.1 Å². The van der Waals surface area contributed by atoms with Crippen LogP contribution in [0.5, 0.6) is 5.75 Å². The smallest absolute Gasteiger partial charge is 0.175 e. The Kier molecular flexibility index (Phi) is 1.50. The zero-order valence-corrected chi connectivity index (χ0v) is 6.25. The van der Waals surface area contributed by atoms with Gasteiger partial charge in [-0.05, 0) is 6.07 Å². The molecule has 0 saturated heterocycles. The van der Waals surface area contributed by atoms with Gasteiger partial charge in [-0.2, -0.15) is 0 Å². The van der Waals surface area contributed by atoms with E-state index in [-0.39, 0.29) is 5.75 Å². The Morgan fingerprint density at radius 3 is 3.00 bits per heavy atom. The predicted octanol–water partition coefficient (Wildman–Crippen LogP) is 2.61. The summed E-state index contributed by atoms with van der Waals surface area (Å²) in [5.41, 5.74) is 0.825. The molecular weight excluding hydrogens is 159 g/mol. The molecule has 0 bridgehead atoms. The van der Waals surface area contributed by atoms with Crippen molar-refractivity contribution >= 4 is 11.0 Å². The third-order valence-corrected chi connectivity index (χ3v) is 1.80. The van der Waals surface area contributed by atoms with Crippen molar-refractivity contribution in [1.29, 1.82) is 0 Å². The zero-order chi connectivity index (χ0) is 8.55. The van der Waals surface area contributed by atoms with Crippen LogP contribution >= 0.6 is 0 Å². The maximum atomic E-state index is 12.3. The minimum absolute atomic E-state index is 0.0483. The Morgan fingerprint density at radius 2 is 2.25 bits per heavy atom. The van der Waals surface area contributed by atoms with Gasteiger partial charge in [0.05, 0.1) is 6.26 Å². The minimum atomic E-state index is -0.573. The Balaban J connectivity index is 2.80. The van der Waals surface area contributed by atoms with Gasteiger partial charge in [0.25, 0.3) is 0 Å². The largest absolute Gasteiger partial charge is 0.504 e. The van der Waals surface area contributed by atoms with Crippen molar-refractivity contribution < 1.29 is 13.9 Å². The second-order valence-electron chi connectivity index (χ2n) is 2.55. The molecule has 2 aromatic rings. The lowest BCUT2D eigenvalue weighted by Crippen LogP contribution is -1.72. The second kappa shape index (κ2) is 2.52. The monoisotopic (exact) mass is 166 g/mol. The summed E-state index contributed by atoms with van der Waals surface area (Å²) < 4.78 is 17.3. The van der Waals surface area contributed by atoms with Crippen LogP contribution in [0, 0.1) is 0 Å². The summed E-state index contributed by atoms with van der Waals surface area (Å²) >= 11 is 0. The minimum Gasteiger partial charge on any atom is -0.504 e. The molecule has 3 heteroatoms. The summed E-state index contributed by atoms with van der Waals surface area (Å²) in [6.07, 6.45) is 1.32. The van der Waals surface area contributed by atoms with Gasteiger partial charge in [0.2, 0.25) is 0 Å². The summed E-state index contributed by atoms with van der Waals surface area (Å²) in [6, 6.07) is 4.88. The molecule has 1 aromatic carbocycles. The molecule has 1 aromatic heterocycles. The van der Waals surface area contributed by atoms with E-state index in [0.29, 0.717) is 16.5 Å². The van der Waals surface area contributed by atoms with E-state index in [0.717, 1.165) is 0 Å². The van der Waals surface area contributed by atoms with E-state index in [1.165, 1.54) is 12.3 Å². The van der Waals surface area contributed by atoms with Gasteiger partial charge < -0.3 is 9.52 Å². The lowest BCUT2D eigenvalue weighted by atomic mass is 10.2. The Hall–Kier alpha value is -1.51. The lowest BCUT2D eigenvalue weighted by Gasteiger charge is -1.92. The molecule has 62 valence electrons. The van der Waals surface area contributed by atoms with Gasteiger partial charge in [-0.1, -0.05) is 12.1 Å². The number of hydrogen-bond acceptors (Lipinski definition) is 2. The second-order valence-corrected chi connectivity index (χ2v) is 2.55. The molecule has 2 rings (SSSR count). The number of phenolic OH excluding ortho intramolecular Hbond substituents is 1. The van der Waals surface area contributed by atoms with Crippen molar-refractivity contribution in [2.24, 2.45) is 0 Å². The molecular formula is C9H7FO2. The summed E-state index contributed by atoms with van der Waals surface area (Å²) in [5.74, 6) is 0.0483. The van der Waals surface area contributed by atoms with Crippen LogP contribution in [0.4, 0.5) is 4.39 Å². The number of aromatic hydroxyl groups is 1. The summed E-state index contributed by atoms with van der Waals surface area (Å²) in [5, 5.41) is 9.90. The summed E-state index contributed by atoms with van der Waals surface area (Å²) in [4.78, 5) is 0. The summed E-state index contributed by atoms with van der Waals surface area (Å²) in [6.45, 7) is -0.573. The fourth-order valence-corrected chi connectivity index (χ4v) is 1.20. The van der Waals surface area contributed by atoms with Crippen molar-refractivity contribution in [1.82, 2.24) is 0 Å². The molecule has 0 atom stereocenters. The molecule has 0 aliphatic heterocycles. The molecule has 0 spiro atoms. The molecule has 0 aliphatic carbocycles. The van der Waals surface area contributed by atoms with E-state index in [4.69, 9.17) is 4.42 Å². The first-order chi connectivity index (χ1) is 5.83. The highest BCUT2D eigenvalue weighted by Crippen LogP contribution is 2.28. The van der Waals surface area contributed by atoms with E-state index in [9.17, 15) is 9.50 Å². The molecule has 12 heavy (non-hydrogen) atoms. The van der Waals surface area contributed by atoms with Gasteiger partial charge in [0.15, 0.2) is 11.3 Å². The standard InChI is InChI=1S/C9H7FO2/c10-4-6-5-12-9-7(6)2-1-3-8(9)11/h1-3,5,11H,4H2. The normalized spacial score (nSPS) is 10.8. The van der Waals surface area contributed by atoms with Crippen molar-refractivity contribution in [3.8, 4) is 5.75 Å². The molecule has 2 nitrogen and oxygen atoms in total. The summed E-state index contributed by atoms with van der Waals surface area (Å²) in [7, 11) is 0. The van der Waals surface area contributed by atoms with E-state index < -0.39 is 6.67 Å². The number of hydrogen-bond donors (Lipinski definition) is 1.